The van der Waals surface area contributed by atoms with Crippen LogP contribution < -0.4 is 4.90 Å². The Bertz CT molecular complexity index is 717. The highest BCUT2D eigenvalue weighted by Gasteiger charge is 2.20. The molecule has 9 heteroatoms. The molecule has 0 radical (unpaired) electrons. The minimum Gasteiger partial charge on any atom is -0.308 e. The van der Waals surface area contributed by atoms with Gasteiger partial charge in [-0.05, 0) is 25.1 Å². The number of carbonyl (C=O) groups is 1. The Hall–Kier alpha value is -1.21. The third-order valence-electron chi connectivity index (χ3n) is 3.05. The highest BCUT2D eigenvalue weighted by atomic mass is 35.5. The minimum absolute atomic E-state index is 0.0609. The largest absolute Gasteiger partial charge is 0.308 e. The maximum absolute atomic E-state index is 12.4. The molecular weight excluding hydrogens is 391 g/mol. The Morgan fingerprint density at radius 1 is 1.46 bits per heavy atom. The van der Waals surface area contributed by atoms with Crippen molar-refractivity contribution in [1.82, 2.24) is 14.8 Å². The van der Waals surface area contributed by atoms with Crippen molar-refractivity contribution in [2.75, 3.05) is 23.0 Å². The highest BCUT2D eigenvalue weighted by Crippen LogP contribution is 2.26. The van der Waals surface area contributed by atoms with E-state index in [0.29, 0.717) is 23.7 Å². The van der Waals surface area contributed by atoms with Crippen molar-refractivity contribution in [2.24, 2.45) is 0 Å². The van der Waals surface area contributed by atoms with Gasteiger partial charge in [0.05, 0.1) is 23.8 Å². The maximum atomic E-state index is 12.4. The van der Waals surface area contributed by atoms with Gasteiger partial charge in [-0.2, -0.15) is 5.10 Å². The standard InChI is InChI=1S/C15H15Cl3N4OS/c1-2-21(14(23)10-24-7-5-13(16)17)12-9-22(20-15(12)18)11-4-3-6-19-8-11/h3-6,8-9H,2,7,10H2,1H3. The number of aromatic nitrogens is 3. The van der Waals surface area contributed by atoms with Crippen LogP contribution in [-0.2, 0) is 4.79 Å². The number of carbonyl (C=O) groups excluding carboxylic acids is 1. The van der Waals surface area contributed by atoms with Gasteiger partial charge in [-0.25, -0.2) is 4.68 Å². The van der Waals surface area contributed by atoms with Gasteiger partial charge < -0.3 is 4.90 Å². The van der Waals surface area contributed by atoms with Gasteiger partial charge in [0.25, 0.3) is 0 Å². The number of thioether (sulfide) groups is 1. The van der Waals surface area contributed by atoms with E-state index in [1.54, 1.807) is 40.3 Å². The number of anilines is 1. The van der Waals surface area contributed by atoms with Gasteiger partial charge >= 0.3 is 0 Å². The number of nitrogens with zero attached hydrogens (tertiary/aromatic N) is 4. The fourth-order valence-corrected chi connectivity index (χ4v) is 3.28. The van der Waals surface area contributed by atoms with E-state index in [1.165, 1.54) is 11.8 Å². The molecule has 0 atom stereocenters. The zero-order valence-corrected chi connectivity index (χ0v) is 15.9. The van der Waals surface area contributed by atoms with Crippen LogP contribution in [0.4, 0.5) is 5.69 Å². The van der Waals surface area contributed by atoms with E-state index < -0.39 is 0 Å². The summed E-state index contributed by atoms with van der Waals surface area (Å²) < 4.78 is 1.80. The first-order valence-corrected chi connectivity index (χ1v) is 9.36. The molecule has 2 aromatic heterocycles. The zero-order chi connectivity index (χ0) is 17.5. The summed E-state index contributed by atoms with van der Waals surface area (Å²) in [5.41, 5.74) is 1.34. The molecule has 1 amide bonds. The molecule has 2 heterocycles. The lowest BCUT2D eigenvalue weighted by atomic mass is 10.4. The fourth-order valence-electron chi connectivity index (χ4n) is 1.97. The van der Waals surface area contributed by atoms with E-state index >= 15 is 0 Å². The van der Waals surface area contributed by atoms with Crippen LogP contribution >= 0.6 is 46.6 Å². The Balaban J connectivity index is 2.11. The molecule has 0 fully saturated rings. The maximum Gasteiger partial charge on any atom is 0.237 e. The molecule has 0 unspecified atom stereocenters. The van der Waals surface area contributed by atoms with Crippen molar-refractivity contribution < 1.29 is 4.79 Å². The smallest absolute Gasteiger partial charge is 0.237 e. The molecule has 0 aliphatic heterocycles. The van der Waals surface area contributed by atoms with E-state index in [0.717, 1.165) is 5.69 Å². The van der Waals surface area contributed by atoms with E-state index in [4.69, 9.17) is 34.8 Å². The summed E-state index contributed by atoms with van der Waals surface area (Å²) in [5, 5.41) is 4.52. The molecule has 0 aliphatic rings. The van der Waals surface area contributed by atoms with Gasteiger partial charge in [-0.15, -0.1) is 11.8 Å². The molecule has 128 valence electrons. The molecular formula is C15H15Cl3N4OS. The molecule has 0 saturated carbocycles. The quantitative estimate of drug-likeness (QED) is 0.644. The number of rotatable bonds is 7. The van der Waals surface area contributed by atoms with Crippen molar-refractivity contribution in [3.8, 4) is 5.69 Å². The summed E-state index contributed by atoms with van der Waals surface area (Å²) >= 11 is 18.7. The molecule has 0 N–H and O–H groups in total. The summed E-state index contributed by atoms with van der Waals surface area (Å²) in [5.74, 6) is 0.794. The first kappa shape index (κ1) is 19.1. The van der Waals surface area contributed by atoms with E-state index in [1.807, 2.05) is 13.0 Å². The topological polar surface area (TPSA) is 51.0 Å². The Labute approximate surface area is 159 Å². The molecule has 0 aromatic carbocycles. The normalized spacial score (nSPS) is 10.5. The number of hydrogen-bond donors (Lipinski definition) is 0. The lowest BCUT2D eigenvalue weighted by molar-refractivity contribution is -0.116. The second-order valence-electron chi connectivity index (χ2n) is 4.61. The van der Waals surface area contributed by atoms with Crippen molar-refractivity contribution in [2.45, 2.75) is 6.92 Å². The summed E-state index contributed by atoms with van der Waals surface area (Å²) in [7, 11) is 0. The van der Waals surface area contributed by atoms with Gasteiger partial charge in [-0.1, -0.05) is 34.8 Å². The van der Waals surface area contributed by atoms with Crippen LogP contribution in [0.5, 0.6) is 0 Å². The molecule has 24 heavy (non-hydrogen) atoms. The second kappa shape index (κ2) is 9.32. The van der Waals surface area contributed by atoms with Crippen LogP contribution in [0.15, 0.2) is 41.3 Å². The molecule has 0 saturated heterocycles. The molecule has 2 rings (SSSR count). The van der Waals surface area contributed by atoms with E-state index in [-0.39, 0.29) is 15.6 Å². The van der Waals surface area contributed by atoms with Crippen LogP contribution in [0.2, 0.25) is 5.15 Å². The van der Waals surface area contributed by atoms with Crippen molar-refractivity contribution in [1.29, 1.82) is 0 Å². The zero-order valence-electron chi connectivity index (χ0n) is 12.8. The lowest BCUT2D eigenvalue weighted by Crippen LogP contribution is -2.32. The molecule has 5 nitrogen and oxygen atoms in total. The van der Waals surface area contributed by atoms with E-state index in [2.05, 4.69) is 10.1 Å². The monoisotopic (exact) mass is 404 g/mol. The molecule has 0 aliphatic carbocycles. The van der Waals surface area contributed by atoms with Gasteiger partial charge in [0.15, 0.2) is 5.15 Å². The molecule has 2 aromatic rings. The first-order chi connectivity index (χ1) is 11.5. The lowest BCUT2D eigenvalue weighted by Gasteiger charge is -2.19. The Morgan fingerprint density at radius 3 is 2.88 bits per heavy atom. The van der Waals surface area contributed by atoms with Gasteiger partial charge in [0, 0.05) is 18.5 Å². The average Bonchev–Trinajstić information content (AvgIpc) is 2.95. The van der Waals surface area contributed by atoms with Gasteiger partial charge in [0.2, 0.25) is 5.91 Å². The van der Waals surface area contributed by atoms with Crippen LogP contribution in [0.1, 0.15) is 6.92 Å². The molecule has 0 bridgehead atoms. The third-order valence-corrected chi connectivity index (χ3v) is 4.48. The van der Waals surface area contributed by atoms with Gasteiger partial charge in [-0.3, -0.25) is 9.78 Å². The summed E-state index contributed by atoms with van der Waals surface area (Å²) in [6.45, 7) is 2.37. The first-order valence-electron chi connectivity index (χ1n) is 7.07. The van der Waals surface area contributed by atoms with Crippen LogP contribution in [0.25, 0.3) is 5.69 Å². The number of amides is 1. The highest BCUT2D eigenvalue weighted by molar-refractivity contribution is 8.00. The average molecular weight is 406 g/mol. The predicted octanol–water partition coefficient (Wildman–Crippen LogP) is 4.33. The van der Waals surface area contributed by atoms with Crippen molar-refractivity contribution in [3.63, 3.8) is 0 Å². The predicted molar refractivity (Wildman–Crippen MR) is 102 cm³/mol. The van der Waals surface area contributed by atoms with E-state index in [9.17, 15) is 4.79 Å². The third kappa shape index (κ3) is 5.14. The molecule has 0 spiro atoms. The van der Waals surface area contributed by atoms with Crippen molar-refractivity contribution >= 4 is 58.2 Å². The fraction of sp³-hybridized carbons (Fsp3) is 0.267. The van der Waals surface area contributed by atoms with Crippen molar-refractivity contribution in [3.05, 3.63) is 46.4 Å². The minimum atomic E-state index is -0.0609. The van der Waals surface area contributed by atoms with Crippen LogP contribution in [-0.4, -0.2) is 38.7 Å². The Kier molecular flexibility index (Phi) is 7.42. The number of halogens is 3. The number of pyridine rings is 1. The summed E-state index contributed by atoms with van der Waals surface area (Å²) in [6.07, 6.45) is 6.71. The van der Waals surface area contributed by atoms with Gasteiger partial charge in [0.1, 0.15) is 10.2 Å². The summed E-state index contributed by atoms with van der Waals surface area (Å²) in [6, 6.07) is 3.66. The second-order valence-corrected chi connectivity index (χ2v) is 7.00. The van der Waals surface area contributed by atoms with Crippen LogP contribution in [0.3, 0.4) is 0 Å². The summed E-state index contributed by atoms with van der Waals surface area (Å²) in [4.78, 5) is 18.1. The SMILES string of the molecule is CCN(C(=O)CSCC=C(Cl)Cl)c1cn(-c2cccnc2)nc1Cl. The number of hydrogen-bond acceptors (Lipinski definition) is 4. The Morgan fingerprint density at radius 2 is 2.25 bits per heavy atom. The van der Waals surface area contributed by atoms with Crippen LogP contribution in [0, 0.1) is 0 Å².